The Kier molecular flexibility index (Phi) is 3.83. The molecule has 0 aromatic carbocycles. The number of fused-ring (bicyclic) bond motifs is 2. The molecule has 2 bridgehead atoms. The molecule has 0 radical (unpaired) electrons. The highest BCUT2D eigenvalue weighted by molar-refractivity contribution is 5.94. The number of hydrogen-bond acceptors (Lipinski definition) is 3. The lowest BCUT2D eigenvalue weighted by Crippen LogP contribution is -2.55. The van der Waals surface area contributed by atoms with Crippen LogP contribution in [0, 0.1) is 12.3 Å². The van der Waals surface area contributed by atoms with E-state index >= 15 is 0 Å². The first-order valence-corrected chi connectivity index (χ1v) is 10.4. The quantitative estimate of drug-likeness (QED) is 0.764. The van der Waals surface area contributed by atoms with Gasteiger partial charge in [-0.1, -0.05) is 25.8 Å². The highest BCUT2D eigenvalue weighted by Crippen LogP contribution is 2.53. The van der Waals surface area contributed by atoms with E-state index in [1.807, 2.05) is 40.8 Å². The van der Waals surface area contributed by atoms with Crippen molar-refractivity contribution >= 4 is 17.5 Å². The molecule has 2 aliphatic heterocycles. The van der Waals surface area contributed by atoms with Crippen LogP contribution in [0.25, 0.3) is 5.65 Å². The van der Waals surface area contributed by atoms with Crippen LogP contribution in [-0.2, 0) is 4.79 Å². The average Bonchev–Trinajstić information content (AvgIpc) is 3.13. The van der Waals surface area contributed by atoms with E-state index < -0.39 is 0 Å². The van der Waals surface area contributed by atoms with Gasteiger partial charge in [0.25, 0.3) is 5.91 Å². The Balaban J connectivity index is 1.56. The highest BCUT2D eigenvalue weighted by atomic mass is 16.2. The van der Waals surface area contributed by atoms with Crippen LogP contribution in [0.3, 0.4) is 0 Å². The zero-order chi connectivity index (χ0) is 19.6. The van der Waals surface area contributed by atoms with Crippen LogP contribution in [0.4, 0.5) is 0 Å². The Morgan fingerprint density at radius 1 is 1.21 bits per heavy atom. The fraction of sp³-hybridized carbons (Fsp3) is 0.591. The average molecular weight is 380 g/mol. The molecule has 2 aromatic rings. The molecular formula is C22H28N4O2. The van der Waals surface area contributed by atoms with Crippen molar-refractivity contribution in [2.75, 3.05) is 6.54 Å². The minimum atomic E-state index is -0.0180. The van der Waals surface area contributed by atoms with Gasteiger partial charge in [-0.3, -0.25) is 9.59 Å². The van der Waals surface area contributed by atoms with Gasteiger partial charge in [0.15, 0.2) is 0 Å². The van der Waals surface area contributed by atoms with Crippen molar-refractivity contribution in [1.82, 2.24) is 19.2 Å². The maximum Gasteiger partial charge on any atom is 0.274 e. The van der Waals surface area contributed by atoms with Crippen molar-refractivity contribution < 1.29 is 9.59 Å². The molecule has 2 aromatic heterocycles. The van der Waals surface area contributed by atoms with E-state index in [2.05, 4.69) is 16.8 Å². The van der Waals surface area contributed by atoms with Gasteiger partial charge in [0.2, 0.25) is 5.91 Å². The lowest BCUT2D eigenvalue weighted by Gasteiger charge is -2.46. The van der Waals surface area contributed by atoms with Crippen LogP contribution in [0.2, 0.25) is 0 Å². The summed E-state index contributed by atoms with van der Waals surface area (Å²) in [4.78, 5) is 34.8. The third kappa shape index (κ3) is 2.36. The predicted octanol–water partition coefficient (Wildman–Crippen LogP) is 3.04. The zero-order valence-corrected chi connectivity index (χ0v) is 16.9. The summed E-state index contributed by atoms with van der Waals surface area (Å²) in [5.41, 5.74) is 2.39. The number of piperidine rings is 1. The van der Waals surface area contributed by atoms with Gasteiger partial charge < -0.3 is 14.2 Å². The number of carbonyl (C=O) groups is 2. The molecule has 6 nitrogen and oxygen atoms in total. The Morgan fingerprint density at radius 3 is 2.68 bits per heavy atom. The summed E-state index contributed by atoms with van der Waals surface area (Å²) < 4.78 is 1.93. The summed E-state index contributed by atoms with van der Waals surface area (Å²) in [6.45, 7) is 6.65. The number of imidazole rings is 1. The second-order valence-corrected chi connectivity index (χ2v) is 9.11. The van der Waals surface area contributed by atoms with E-state index in [1.165, 1.54) is 0 Å². The van der Waals surface area contributed by atoms with E-state index in [-0.39, 0.29) is 35.4 Å². The van der Waals surface area contributed by atoms with Gasteiger partial charge in [-0.05, 0) is 37.8 Å². The Labute approximate surface area is 165 Å². The summed E-state index contributed by atoms with van der Waals surface area (Å²) in [7, 11) is 0. The number of aromatic nitrogens is 2. The molecule has 28 heavy (non-hydrogen) atoms. The van der Waals surface area contributed by atoms with Crippen LogP contribution in [0.15, 0.2) is 24.5 Å². The van der Waals surface area contributed by atoms with Crippen molar-refractivity contribution in [3.63, 3.8) is 0 Å². The number of carbonyl (C=O) groups excluding carboxylic acids is 2. The fourth-order valence-corrected chi connectivity index (χ4v) is 6.21. The number of pyridine rings is 1. The maximum atomic E-state index is 13.6. The van der Waals surface area contributed by atoms with E-state index in [0.29, 0.717) is 12.2 Å². The lowest BCUT2D eigenvalue weighted by atomic mass is 9.71. The number of hydrogen-bond donors (Lipinski definition) is 0. The summed E-state index contributed by atoms with van der Waals surface area (Å²) in [6.07, 6.45) is 9.09. The first kappa shape index (κ1) is 17.7. The lowest BCUT2D eigenvalue weighted by molar-refractivity contribution is -0.136. The smallest absolute Gasteiger partial charge is 0.274 e. The SMILES string of the molecule is CC(=O)N1C[C@@H]2C[C@@]3(C)[C@H](CCCC[C@@H]13)N2C(=O)c1cn2cccc(C)c2n1. The van der Waals surface area contributed by atoms with Crippen LogP contribution >= 0.6 is 0 Å². The van der Waals surface area contributed by atoms with Crippen LogP contribution in [-0.4, -0.2) is 55.7 Å². The van der Waals surface area contributed by atoms with Gasteiger partial charge in [-0.2, -0.15) is 0 Å². The van der Waals surface area contributed by atoms with Crippen molar-refractivity contribution in [2.45, 2.75) is 71.0 Å². The highest BCUT2D eigenvalue weighted by Gasteiger charge is 2.60. The van der Waals surface area contributed by atoms with Crippen molar-refractivity contribution in [1.29, 1.82) is 0 Å². The second kappa shape index (κ2) is 6.06. The van der Waals surface area contributed by atoms with E-state index in [4.69, 9.17) is 0 Å². The molecule has 3 fully saturated rings. The first-order valence-electron chi connectivity index (χ1n) is 10.4. The van der Waals surface area contributed by atoms with Gasteiger partial charge in [-0.25, -0.2) is 4.98 Å². The zero-order valence-electron chi connectivity index (χ0n) is 16.9. The summed E-state index contributed by atoms with van der Waals surface area (Å²) in [6, 6.07) is 4.51. The summed E-state index contributed by atoms with van der Waals surface area (Å²) in [5, 5.41) is 0. The third-order valence-corrected chi connectivity index (χ3v) is 7.45. The number of aryl methyl sites for hydroxylation is 1. The van der Waals surface area contributed by atoms with Gasteiger partial charge in [0.05, 0.1) is 6.04 Å². The molecule has 2 amide bonds. The topological polar surface area (TPSA) is 57.9 Å². The fourth-order valence-electron chi connectivity index (χ4n) is 6.21. The van der Waals surface area contributed by atoms with Gasteiger partial charge in [-0.15, -0.1) is 0 Å². The molecule has 1 aliphatic carbocycles. The van der Waals surface area contributed by atoms with Crippen molar-refractivity contribution in [2.24, 2.45) is 5.41 Å². The van der Waals surface area contributed by atoms with Gasteiger partial charge in [0, 0.05) is 43.4 Å². The van der Waals surface area contributed by atoms with Crippen molar-refractivity contribution in [3.05, 3.63) is 35.8 Å². The molecule has 2 saturated heterocycles. The minimum Gasteiger partial charge on any atom is -0.337 e. The molecule has 5 rings (SSSR count). The van der Waals surface area contributed by atoms with Crippen LogP contribution in [0.1, 0.15) is 62.0 Å². The third-order valence-electron chi connectivity index (χ3n) is 7.45. The van der Waals surface area contributed by atoms with E-state index in [9.17, 15) is 9.59 Å². The Morgan fingerprint density at radius 2 is 1.96 bits per heavy atom. The number of nitrogens with zero attached hydrogens (tertiary/aromatic N) is 4. The number of likely N-dealkylation sites (tertiary alicyclic amines) is 2. The molecular weight excluding hydrogens is 352 g/mol. The molecule has 0 N–H and O–H groups in total. The molecule has 4 heterocycles. The molecule has 4 atom stereocenters. The normalized spacial score (nSPS) is 31.9. The minimum absolute atomic E-state index is 0.0180. The standard InChI is InChI=1S/C22H28N4O2/c1-14-7-6-10-24-13-17(23-20(14)24)21(28)26-16-11-22(3)18(25(12-16)15(2)27)8-4-5-9-19(22)26/h6-7,10,13,16,18-19H,4-5,8-9,11-12H2,1-3H3/t16-,18+,19-,22+/m0/s1. The molecule has 6 heteroatoms. The molecule has 1 saturated carbocycles. The molecule has 0 unspecified atom stereocenters. The number of amides is 2. The first-order chi connectivity index (χ1) is 13.4. The second-order valence-electron chi connectivity index (χ2n) is 9.11. The van der Waals surface area contributed by atoms with Crippen LogP contribution in [0.5, 0.6) is 0 Å². The van der Waals surface area contributed by atoms with Crippen LogP contribution < -0.4 is 0 Å². The van der Waals surface area contributed by atoms with Gasteiger partial charge in [0.1, 0.15) is 11.3 Å². The van der Waals surface area contributed by atoms with Crippen molar-refractivity contribution in [3.8, 4) is 0 Å². The van der Waals surface area contributed by atoms with E-state index in [0.717, 1.165) is 43.3 Å². The predicted molar refractivity (Wildman–Crippen MR) is 106 cm³/mol. The Hall–Kier alpha value is -2.37. The van der Waals surface area contributed by atoms with Gasteiger partial charge >= 0.3 is 0 Å². The monoisotopic (exact) mass is 380 g/mol. The molecule has 0 spiro atoms. The molecule has 148 valence electrons. The Bertz CT molecular complexity index is 967. The maximum absolute atomic E-state index is 13.6. The summed E-state index contributed by atoms with van der Waals surface area (Å²) in [5.74, 6) is 0.159. The largest absolute Gasteiger partial charge is 0.337 e. The van der Waals surface area contributed by atoms with E-state index in [1.54, 1.807) is 6.92 Å². The summed E-state index contributed by atoms with van der Waals surface area (Å²) >= 11 is 0. The number of rotatable bonds is 1. The molecule has 3 aliphatic rings.